The molecule has 0 bridgehead atoms. The van der Waals surface area contributed by atoms with Crippen LogP contribution in [-0.4, -0.2) is 102 Å². The summed E-state index contributed by atoms with van der Waals surface area (Å²) in [4.78, 5) is 34.0. The van der Waals surface area contributed by atoms with Crippen LogP contribution in [0.15, 0.2) is 42.6 Å². The zero-order chi connectivity index (χ0) is 36.1. The van der Waals surface area contributed by atoms with Crippen molar-refractivity contribution in [1.29, 1.82) is 0 Å². The number of piperidine rings is 1. The molecule has 4 saturated heterocycles. The van der Waals surface area contributed by atoms with Gasteiger partial charge in [0.2, 0.25) is 0 Å². The molecule has 0 unspecified atom stereocenters. The van der Waals surface area contributed by atoms with Gasteiger partial charge in [-0.1, -0.05) is 24.3 Å². The summed E-state index contributed by atoms with van der Waals surface area (Å²) < 4.78 is 40.2. The van der Waals surface area contributed by atoms with E-state index in [1.54, 1.807) is 19.4 Å². The van der Waals surface area contributed by atoms with E-state index >= 15 is 4.39 Å². The highest BCUT2D eigenvalue weighted by Crippen LogP contribution is 2.44. The quantitative estimate of drug-likeness (QED) is 0.174. The van der Waals surface area contributed by atoms with Gasteiger partial charge >= 0.3 is 12.1 Å². The largest absolute Gasteiger partial charge is 0.468 e. The second kappa shape index (κ2) is 13.6. The molecule has 0 aliphatic carbocycles. The summed E-state index contributed by atoms with van der Waals surface area (Å²) in [5, 5.41) is 2.30. The summed E-state index contributed by atoms with van der Waals surface area (Å²) >= 11 is 0. The minimum absolute atomic E-state index is 0.0107. The van der Waals surface area contributed by atoms with Crippen LogP contribution in [0.4, 0.5) is 15.0 Å². The van der Waals surface area contributed by atoms with Crippen molar-refractivity contribution in [1.82, 2.24) is 24.8 Å². The van der Waals surface area contributed by atoms with Gasteiger partial charge in [-0.3, -0.25) is 9.88 Å². The fourth-order valence-corrected chi connectivity index (χ4v) is 8.88. The lowest BCUT2D eigenvalue weighted by Crippen LogP contribution is -2.44. The molecule has 0 N–H and O–H groups in total. The van der Waals surface area contributed by atoms with Crippen LogP contribution in [0.3, 0.4) is 0 Å². The Kier molecular flexibility index (Phi) is 9.10. The van der Waals surface area contributed by atoms with Crippen LogP contribution in [0, 0.1) is 11.2 Å². The molecule has 0 radical (unpaired) electrons. The number of fused-ring (bicyclic) bond motifs is 3. The first-order valence-corrected chi connectivity index (χ1v) is 18.7. The zero-order valence-electron chi connectivity index (χ0n) is 30.8. The Balaban J connectivity index is 1.14. The van der Waals surface area contributed by atoms with Crippen LogP contribution < -0.4 is 14.4 Å². The van der Waals surface area contributed by atoms with Gasteiger partial charge in [0.1, 0.15) is 35.0 Å². The van der Waals surface area contributed by atoms with Crippen LogP contribution in [0.25, 0.3) is 32.9 Å². The number of hydrogen-bond acceptors (Lipinski definition) is 10. The number of nitrogens with zero attached hydrogens (tertiary/aromatic N) is 6. The fourth-order valence-electron chi connectivity index (χ4n) is 8.88. The second-order valence-electron chi connectivity index (χ2n) is 16.1. The number of hydrogen-bond donors (Lipinski definition) is 0. The molecule has 52 heavy (non-hydrogen) atoms. The number of carbonyl (C=O) groups excluding carboxylic acids is 1. The van der Waals surface area contributed by atoms with Gasteiger partial charge in [-0.2, -0.15) is 9.97 Å². The molecule has 12 heteroatoms. The van der Waals surface area contributed by atoms with Gasteiger partial charge in [-0.25, -0.2) is 9.18 Å². The highest BCUT2D eigenvalue weighted by Gasteiger charge is 2.46. The Morgan fingerprint density at radius 2 is 1.67 bits per heavy atom. The van der Waals surface area contributed by atoms with Gasteiger partial charge in [-0.05, 0) is 107 Å². The molecule has 6 heterocycles. The van der Waals surface area contributed by atoms with Gasteiger partial charge in [-0.15, -0.1) is 0 Å². The standard InChI is InChI=1S/C40H49FN6O5/c1-38(2,3)52-37(48)46-20-15-39(24-46)13-18-45(19-14-39)35-31-23-42-33(30-22-28(51-26-49-4)21-27-9-5-6-10-29(27)30)32(41)34(31)43-36(44-35)50-25-40-11-7-16-47(40)17-8-12-40/h5-6,9-10,21-23H,7-8,11-20,24-26H2,1-4H3. The average Bonchev–Trinajstić information content (AvgIpc) is 3.84. The molecule has 11 nitrogen and oxygen atoms in total. The van der Waals surface area contributed by atoms with Crippen molar-refractivity contribution in [2.75, 3.05) is 64.7 Å². The van der Waals surface area contributed by atoms with E-state index in [0.29, 0.717) is 55.3 Å². The lowest BCUT2D eigenvalue weighted by atomic mass is 9.78. The van der Waals surface area contributed by atoms with E-state index in [-0.39, 0.29) is 41.1 Å². The van der Waals surface area contributed by atoms with Crippen molar-refractivity contribution < 1.29 is 28.1 Å². The first kappa shape index (κ1) is 34.8. The first-order valence-electron chi connectivity index (χ1n) is 18.7. The monoisotopic (exact) mass is 712 g/mol. The molecular formula is C40H49FN6O5. The van der Waals surface area contributed by atoms with Crippen molar-refractivity contribution in [3.8, 4) is 23.0 Å². The summed E-state index contributed by atoms with van der Waals surface area (Å²) in [6.45, 7) is 11.2. The molecule has 2 aromatic carbocycles. The van der Waals surface area contributed by atoms with Crippen LogP contribution in [0.1, 0.15) is 65.7 Å². The molecule has 1 amide bonds. The molecule has 0 saturated carbocycles. The molecule has 4 aromatic rings. The highest BCUT2D eigenvalue weighted by molar-refractivity contribution is 6.00. The number of anilines is 1. The minimum Gasteiger partial charge on any atom is -0.468 e. The van der Waals surface area contributed by atoms with Crippen LogP contribution >= 0.6 is 0 Å². The van der Waals surface area contributed by atoms with Crippen LogP contribution in [0.2, 0.25) is 0 Å². The summed E-state index contributed by atoms with van der Waals surface area (Å²) in [5.74, 6) is 0.656. The Morgan fingerprint density at radius 1 is 0.923 bits per heavy atom. The molecule has 4 aliphatic rings. The van der Waals surface area contributed by atoms with Crippen molar-refractivity contribution in [3.63, 3.8) is 0 Å². The van der Waals surface area contributed by atoms with Crippen LogP contribution in [0.5, 0.6) is 11.8 Å². The van der Waals surface area contributed by atoms with Gasteiger partial charge < -0.3 is 28.7 Å². The number of methoxy groups -OCH3 is 1. The second-order valence-corrected chi connectivity index (χ2v) is 16.1. The first-order chi connectivity index (χ1) is 25.1. The SMILES string of the molecule is COCOc1cc(-c2ncc3c(N4CCC5(CCN(C(=O)OC(C)(C)C)C5)CC4)nc(OCC45CCCN4CCC5)nc3c2F)c2ccccc2c1. The molecule has 276 valence electrons. The summed E-state index contributed by atoms with van der Waals surface area (Å²) in [7, 11) is 1.56. The van der Waals surface area contributed by atoms with Crippen molar-refractivity contribution >= 4 is 33.6 Å². The third kappa shape index (κ3) is 6.59. The van der Waals surface area contributed by atoms with E-state index in [0.717, 1.165) is 68.8 Å². The van der Waals surface area contributed by atoms with E-state index < -0.39 is 11.4 Å². The highest BCUT2D eigenvalue weighted by atomic mass is 19.1. The lowest BCUT2D eigenvalue weighted by Gasteiger charge is -2.40. The fraction of sp³-hybridized carbons (Fsp3) is 0.550. The van der Waals surface area contributed by atoms with Crippen molar-refractivity contribution in [3.05, 3.63) is 48.4 Å². The summed E-state index contributed by atoms with van der Waals surface area (Å²) in [5.41, 5.74) is 0.437. The smallest absolute Gasteiger partial charge is 0.410 e. The molecule has 4 aliphatic heterocycles. The predicted molar refractivity (Wildman–Crippen MR) is 197 cm³/mol. The maximum absolute atomic E-state index is 17.1. The number of rotatable bonds is 8. The predicted octanol–water partition coefficient (Wildman–Crippen LogP) is 7.20. The maximum Gasteiger partial charge on any atom is 0.410 e. The number of ether oxygens (including phenoxy) is 4. The maximum atomic E-state index is 17.1. The van der Waals surface area contributed by atoms with E-state index in [9.17, 15) is 4.79 Å². The normalized spacial score (nSPS) is 19.9. The number of amides is 1. The third-order valence-corrected chi connectivity index (χ3v) is 11.6. The Bertz CT molecular complexity index is 1970. The zero-order valence-corrected chi connectivity index (χ0v) is 30.8. The van der Waals surface area contributed by atoms with Gasteiger partial charge in [0.15, 0.2) is 12.6 Å². The van der Waals surface area contributed by atoms with Crippen molar-refractivity contribution in [2.24, 2.45) is 5.41 Å². The average molecular weight is 713 g/mol. The third-order valence-electron chi connectivity index (χ3n) is 11.6. The van der Waals surface area contributed by atoms with E-state index in [2.05, 4.69) is 9.80 Å². The molecule has 4 fully saturated rings. The minimum atomic E-state index is -0.533. The van der Waals surface area contributed by atoms with Gasteiger partial charge in [0.25, 0.3) is 0 Å². The molecule has 0 atom stereocenters. The summed E-state index contributed by atoms with van der Waals surface area (Å²) in [6.07, 6.45) is 8.59. The lowest BCUT2D eigenvalue weighted by molar-refractivity contribution is 0.0266. The molecular weight excluding hydrogens is 663 g/mol. The molecule has 1 spiro atoms. The van der Waals surface area contributed by atoms with Crippen molar-refractivity contribution in [2.45, 2.75) is 76.9 Å². The Morgan fingerprint density at radius 3 is 2.42 bits per heavy atom. The van der Waals surface area contributed by atoms with E-state index in [1.807, 2.05) is 56.0 Å². The number of benzene rings is 2. The van der Waals surface area contributed by atoms with Crippen LogP contribution in [-0.2, 0) is 9.47 Å². The Labute approximate surface area is 304 Å². The Hall–Kier alpha value is -4.29. The number of pyridine rings is 1. The van der Waals surface area contributed by atoms with Gasteiger partial charge in [0, 0.05) is 45.0 Å². The number of halogens is 1. The summed E-state index contributed by atoms with van der Waals surface area (Å²) in [6, 6.07) is 11.7. The molecule has 2 aromatic heterocycles. The number of aromatic nitrogens is 3. The number of likely N-dealkylation sites (tertiary alicyclic amines) is 1. The molecule has 8 rings (SSSR count). The van der Waals surface area contributed by atoms with E-state index in [1.165, 1.54) is 0 Å². The van der Waals surface area contributed by atoms with E-state index in [4.69, 9.17) is 33.9 Å². The number of carbonyl (C=O) groups is 1. The topological polar surface area (TPSA) is 102 Å². The van der Waals surface area contributed by atoms with Gasteiger partial charge in [0.05, 0.1) is 10.9 Å².